The zero-order valence-corrected chi connectivity index (χ0v) is 17.0. The molecule has 0 bridgehead atoms. The fraction of sp³-hybridized carbons (Fsp3) is 0.381. The van der Waals surface area contributed by atoms with Gasteiger partial charge in [-0.1, -0.05) is 31.4 Å². The average Bonchev–Trinajstić information content (AvgIpc) is 2.74. The molecule has 0 radical (unpaired) electrons. The van der Waals surface area contributed by atoms with Crippen LogP contribution in [0.4, 0.5) is 5.69 Å². The summed E-state index contributed by atoms with van der Waals surface area (Å²) in [6.45, 7) is 0. The highest BCUT2D eigenvalue weighted by Gasteiger charge is 2.29. The topological polar surface area (TPSA) is 75.7 Å². The highest BCUT2D eigenvalue weighted by atomic mass is 32.2. The summed E-state index contributed by atoms with van der Waals surface area (Å²) >= 11 is 0. The Bertz CT molecular complexity index is 920. The number of ether oxygens (including phenoxy) is 1. The number of amides is 1. The normalized spacial score (nSPS) is 15.4. The molecule has 0 heterocycles. The number of benzene rings is 2. The van der Waals surface area contributed by atoms with E-state index in [1.807, 2.05) is 6.07 Å². The molecule has 2 aromatic rings. The molecule has 1 aliphatic rings. The second kappa shape index (κ2) is 8.75. The first kappa shape index (κ1) is 20.4. The Kier molecular flexibility index (Phi) is 6.36. The molecule has 1 saturated carbocycles. The number of sulfonamides is 1. The smallest absolute Gasteiger partial charge is 0.255 e. The number of para-hydroxylation sites is 2. The number of rotatable bonds is 6. The van der Waals surface area contributed by atoms with Crippen molar-refractivity contribution in [3.05, 3.63) is 54.1 Å². The zero-order chi connectivity index (χ0) is 20.1. The van der Waals surface area contributed by atoms with Gasteiger partial charge in [0, 0.05) is 18.7 Å². The average molecular weight is 403 g/mol. The third-order valence-corrected chi connectivity index (χ3v) is 7.16. The SMILES string of the molecule is COc1ccccc1NC(=O)c1ccc(S(=O)(=O)N(C)C2CCCCC2)cc1. The second-order valence-electron chi connectivity index (χ2n) is 6.99. The lowest BCUT2D eigenvalue weighted by Gasteiger charge is -2.30. The number of anilines is 1. The van der Waals surface area contributed by atoms with Gasteiger partial charge in [0.25, 0.3) is 5.91 Å². The number of nitrogens with zero attached hydrogens (tertiary/aromatic N) is 1. The minimum Gasteiger partial charge on any atom is -0.495 e. The van der Waals surface area contributed by atoms with Crippen molar-refractivity contribution in [3.63, 3.8) is 0 Å². The molecule has 1 amide bonds. The van der Waals surface area contributed by atoms with E-state index in [-0.39, 0.29) is 16.8 Å². The van der Waals surface area contributed by atoms with Crippen LogP contribution < -0.4 is 10.1 Å². The van der Waals surface area contributed by atoms with Gasteiger partial charge in [-0.15, -0.1) is 0 Å². The largest absolute Gasteiger partial charge is 0.495 e. The van der Waals surface area contributed by atoms with E-state index in [0.717, 1.165) is 25.7 Å². The molecule has 1 N–H and O–H groups in total. The van der Waals surface area contributed by atoms with Crippen LogP contribution in [0, 0.1) is 0 Å². The van der Waals surface area contributed by atoms with Crippen LogP contribution in [0.2, 0.25) is 0 Å². The summed E-state index contributed by atoms with van der Waals surface area (Å²) in [7, 11) is -0.387. The Morgan fingerprint density at radius 2 is 1.68 bits per heavy atom. The number of nitrogens with one attached hydrogen (secondary N) is 1. The van der Waals surface area contributed by atoms with Gasteiger partial charge in [-0.2, -0.15) is 4.31 Å². The minimum absolute atomic E-state index is 0.0484. The van der Waals surface area contributed by atoms with E-state index in [1.165, 1.54) is 42.1 Å². The molecule has 0 atom stereocenters. The quantitative estimate of drug-likeness (QED) is 0.795. The van der Waals surface area contributed by atoms with Gasteiger partial charge < -0.3 is 10.1 Å². The molecule has 0 spiro atoms. The maximum Gasteiger partial charge on any atom is 0.255 e. The van der Waals surface area contributed by atoms with Crippen LogP contribution in [0.25, 0.3) is 0 Å². The Morgan fingerprint density at radius 1 is 1.04 bits per heavy atom. The van der Waals surface area contributed by atoms with E-state index in [4.69, 9.17) is 4.74 Å². The summed E-state index contributed by atoms with van der Waals surface area (Å²) in [4.78, 5) is 12.7. The number of hydrogen-bond donors (Lipinski definition) is 1. The van der Waals surface area contributed by atoms with Gasteiger partial charge in [0.05, 0.1) is 17.7 Å². The molecule has 28 heavy (non-hydrogen) atoms. The van der Waals surface area contributed by atoms with Gasteiger partial charge in [0.2, 0.25) is 10.0 Å². The summed E-state index contributed by atoms with van der Waals surface area (Å²) in [5.74, 6) is 0.234. The Labute approximate surface area is 166 Å². The summed E-state index contributed by atoms with van der Waals surface area (Å²) in [6.07, 6.45) is 5.09. The molecule has 6 nitrogen and oxygen atoms in total. The molecule has 0 saturated heterocycles. The van der Waals surface area contributed by atoms with E-state index < -0.39 is 10.0 Å². The van der Waals surface area contributed by atoms with Crippen LogP contribution in [0.5, 0.6) is 5.75 Å². The van der Waals surface area contributed by atoms with E-state index in [1.54, 1.807) is 25.2 Å². The third kappa shape index (κ3) is 4.36. The van der Waals surface area contributed by atoms with Crippen molar-refractivity contribution in [1.29, 1.82) is 0 Å². The Hall–Kier alpha value is -2.38. The zero-order valence-electron chi connectivity index (χ0n) is 16.2. The number of methoxy groups -OCH3 is 1. The maximum absolute atomic E-state index is 12.9. The molecule has 7 heteroatoms. The first-order valence-electron chi connectivity index (χ1n) is 9.46. The van der Waals surface area contributed by atoms with Gasteiger partial charge in [-0.3, -0.25) is 4.79 Å². The van der Waals surface area contributed by atoms with Crippen molar-refractivity contribution in [1.82, 2.24) is 4.31 Å². The van der Waals surface area contributed by atoms with Crippen LogP contribution in [0.15, 0.2) is 53.4 Å². The fourth-order valence-electron chi connectivity index (χ4n) is 3.53. The molecule has 2 aromatic carbocycles. The van der Waals surface area contributed by atoms with Crippen molar-refractivity contribution in [2.75, 3.05) is 19.5 Å². The lowest BCUT2D eigenvalue weighted by molar-refractivity contribution is 0.102. The first-order valence-corrected chi connectivity index (χ1v) is 10.9. The molecule has 0 aromatic heterocycles. The highest BCUT2D eigenvalue weighted by molar-refractivity contribution is 7.89. The van der Waals surface area contributed by atoms with Crippen molar-refractivity contribution < 1.29 is 17.9 Å². The van der Waals surface area contributed by atoms with Crippen molar-refractivity contribution in [2.45, 2.75) is 43.0 Å². The van der Waals surface area contributed by atoms with E-state index in [9.17, 15) is 13.2 Å². The number of carbonyl (C=O) groups excluding carboxylic acids is 1. The van der Waals surface area contributed by atoms with Crippen molar-refractivity contribution in [2.24, 2.45) is 0 Å². The van der Waals surface area contributed by atoms with Crippen LogP contribution in [0.3, 0.4) is 0 Å². The predicted octanol–water partition coefficient (Wildman–Crippen LogP) is 3.90. The van der Waals surface area contributed by atoms with Gasteiger partial charge in [0.15, 0.2) is 0 Å². The maximum atomic E-state index is 12.9. The Balaban J connectivity index is 1.74. The van der Waals surface area contributed by atoms with Crippen LogP contribution >= 0.6 is 0 Å². The molecule has 0 unspecified atom stereocenters. The van der Waals surface area contributed by atoms with Gasteiger partial charge in [-0.25, -0.2) is 8.42 Å². The number of carbonyl (C=O) groups is 1. The Morgan fingerprint density at radius 3 is 2.32 bits per heavy atom. The summed E-state index contributed by atoms with van der Waals surface area (Å²) in [6, 6.07) is 13.2. The van der Waals surface area contributed by atoms with E-state index >= 15 is 0 Å². The standard InChI is InChI=1S/C21H26N2O4S/c1-23(17-8-4-3-5-9-17)28(25,26)18-14-12-16(13-15-18)21(24)22-19-10-6-7-11-20(19)27-2/h6-7,10-15,17H,3-5,8-9H2,1-2H3,(H,22,24). The minimum atomic E-state index is -3.57. The van der Waals surface area contributed by atoms with E-state index in [2.05, 4.69) is 5.32 Å². The molecule has 0 aliphatic heterocycles. The third-order valence-electron chi connectivity index (χ3n) is 5.24. The lowest BCUT2D eigenvalue weighted by atomic mass is 9.96. The molecule has 1 fully saturated rings. The first-order chi connectivity index (χ1) is 13.4. The van der Waals surface area contributed by atoms with E-state index in [0.29, 0.717) is 17.0 Å². The fourth-order valence-corrected chi connectivity index (χ4v) is 4.94. The van der Waals surface area contributed by atoms with Crippen LogP contribution in [-0.2, 0) is 10.0 Å². The van der Waals surface area contributed by atoms with Gasteiger partial charge >= 0.3 is 0 Å². The van der Waals surface area contributed by atoms with Crippen LogP contribution in [-0.4, -0.2) is 38.8 Å². The molecule has 150 valence electrons. The highest BCUT2D eigenvalue weighted by Crippen LogP contribution is 2.27. The second-order valence-corrected chi connectivity index (χ2v) is 8.99. The molecular formula is C21H26N2O4S. The molecular weight excluding hydrogens is 376 g/mol. The van der Waals surface area contributed by atoms with Crippen LogP contribution in [0.1, 0.15) is 42.5 Å². The van der Waals surface area contributed by atoms with Gasteiger partial charge in [-0.05, 0) is 49.2 Å². The van der Waals surface area contributed by atoms with Gasteiger partial charge in [0.1, 0.15) is 5.75 Å². The molecule has 1 aliphatic carbocycles. The van der Waals surface area contributed by atoms with Crippen molar-refractivity contribution in [3.8, 4) is 5.75 Å². The van der Waals surface area contributed by atoms with Crippen molar-refractivity contribution >= 4 is 21.6 Å². The number of hydrogen-bond acceptors (Lipinski definition) is 4. The monoisotopic (exact) mass is 402 g/mol. The lowest BCUT2D eigenvalue weighted by Crippen LogP contribution is -2.38. The predicted molar refractivity (Wildman–Crippen MR) is 109 cm³/mol. The summed E-state index contributed by atoms with van der Waals surface area (Å²) in [5.41, 5.74) is 0.939. The summed E-state index contributed by atoms with van der Waals surface area (Å²) < 4.78 is 32.5. The summed E-state index contributed by atoms with van der Waals surface area (Å²) in [5, 5.41) is 2.79. The molecule has 3 rings (SSSR count).